The van der Waals surface area contributed by atoms with Gasteiger partial charge < -0.3 is 10.5 Å². The zero-order valence-electron chi connectivity index (χ0n) is 10.7. The molecular weight excluding hydrogens is 311 g/mol. The molecule has 1 aliphatic heterocycles. The maximum Gasteiger partial charge on any atom is 0.283 e. The van der Waals surface area contributed by atoms with Crippen LogP contribution in [0, 0.1) is 5.82 Å². The van der Waals surface area contributed by atoms with E-state index in [4.69, 9.17) is 10.5 Å². The third-order valence-corrected chi connectivity index (χ3v) is 4.61. The predicted octanol–water partition coefficient (Wildman–Crippen LogP) is 3.46. The van der Waals surface area contributed by atoms with Gasteiger partial charge in [-0.15, -0.1) is 0 Å². The molecule has 0 aromatic heterocycles. The van der Waals surface area contributed by atoms with E-state index in [1.807, 2.05) is 6.92 Å². The Morgan fingerprint density at radius 3 is 2.79 bits per heavy atom. The fourth-order valence-corrected chi connectivity index (χ4v) is 3.47. The number of nitrogens with zero attached hydrogens (tertiary/aromatic N) is 1. The lowest BCUT2D eigenvalue weighted by Gasteiger charge is -2.48. The monoisotopic (exact) mass is 326 g/mol. The van der Waals surface area contributed by atoms with Gasteiger partial charge in [0.25, 0.3) is 6.02 Å². The number of aliphatic imine (C=N–C) groups is 1. The Morgan fingerprint density at radius 1 is 1.42 bits per heavy atom. The number of amidine groups is 1. The maximum atomic E-state index is 14.1. The molecule has 19 heavy (non-hydrogen) atoms. The molecule has 2 aliphatic rings. The van der Waals surface area contributed by atoms with Crippen LogP contribution in [0.5, 0.6) is 0 Å². The molecule has 1 aromatic carbocycles. The summed E-state index contributed by atoms with van der Waals surface area (Å²) in [5.74, 6) is -0.251. The molecule has 1 fully saturated rings. The van der Waals surface area contributed by atoms with Crippen molar-refractivity contribution in [1.29, 1.82) is 0 Å². The summed E-state index contributed by atoms with van der Waals surface area (Å²) in [5.41, 5.74) is 5.49. The van der Waals surface area contributed by atoms with E-state index >= 15 is 0 Å². The van der Waals surface area contributed by atoms with E-state index in [0.29, 0.717) is 12.0 Å². The van der Waals surface area contributed by atoms with E-state index in [2.05, 4.69) is 20.9 Å². The number of hydrogen-bond donors (Lipinski definition) is 1. The Hall–Kier alpha value is -1.10. The molecule has 1 saturated carbocycles. The highest BCUT2D eigenvalue weighted by Crippen LogP contribution is 2.49. The van der Waals surface area contributed by atoms with E-state index in [1.165, 1.54) is 6.07 Å². The molecule has 3 rings (SSSR count). The molecule has 1 unspecified atom stereocenters. The molecule has 1 aliphatic carbocycles. The summed E-state index contributed by atoms with van der Waals surface area (Å²) >= 11 is 3.38. The first-order valence-corrected chi connectivity index (χ1v) is 7.22. The van der Waals surface area contributed by atoms with Crippen molar-refractivity contribution < 1.29 is 9.13 Å². The van der Waals surface area contributed by atoms with Gasteiger partial charge in [0.15, 0.2) is 0 Å². The normalized spacial score (nSPS) is 28.5. The fraction of sp³-hybridized carbons (Fsp3) is 0.500. The molecule has 0 saturated heterocycles. The maximum absolute atomic E-state index is 14.1. The molecule has 2 N–H and O–H groups in total. The lowest BCUT2D eigenvalue weighted by Crippen LogP contribution is -2.52. The van der Waals surface area contributed by atoms with Gasteiger partial charge in [-0.25, -0.2) is 9.38 Å². The summed E-state index contributed by atoms with van der Waals surface area (Å²) in [5, 5.41) is 0. The Labute approximate surface area is 120 Å². The minimum absolute atomic E-state index is 0.174. The van der Waals surface area contributed by atoms with Crippen molar-refractivity contribution in [2.45, 2.75) is 43.7 Å². The number of rotatable bonds is 1. The van der Waals surface area contributed by atoms with Crippen LogP contribution in [-0.2, 0) is 10.3 Å². The van der Waals surface area contributed by atoms with Gasteiger partial charge in [0.1, 0.15) is 11.4 Å². The number of halogens is 2. The van der Waals surface area contributed by atoms with E-state index in [-0.39, 0.29) is 17.4 Å². The van der Waals surface area contributed by atoms with Crippen LogP contribution in [-0.4, -0.2) is 11.6 Å². The van der Waals surface area contributed by atoms with Gasteiger partial charge >= 0.3 is 0 Å². The van der Waals surface area contributed by atoms with Crippen LogP contribution in [0.2, 0.25) is 0 Å². The summed E-state index contributed by atoms with van der Waals surface area (Å²) in [7, 11) is 0. The van der Waals surface area contributed by atoms with Gasteiger partial charge in [-0.1, -0.05) is 15.9 Å². The smallest absolute Gasteiger partial charge is 0.283 e. The molecule has 102 valence electrons. The summed E-state index contributed by atoms with van der Waals surface area (Å²) < 4.78 is 20.7. The van der Waals surface area contributed by atoms with Crippen molar-refractivity contribution in [3.05, 3.63) is 34.1 Å². The van der Waals surface area contributed by atoms with Crippen LogP contribution < -0.4 is 5.73 Å². The summed E-state index contributed by atoms with van der Waals surface area (Å²) in [4.78, 5) is 4.38. The second kappa shape index (κ2) is 4.20. The predicted molar refractivity (Wildman–Crippen MR) is 75.4 cm³/mol. The van der Waals surface area contributed by atoms with Crippen LogP contribution in [0.15, 0.2) is 27.7 Å². The number of nitrogens with two attached hydrogens (primary N) is 1. The molecule has 0 radical (unpaired) electrons. The van der Waals surface area contributed by atoms with Crippen molar-refractivity contribution >= 4 is 22.0 Å². The summed E-state index contributed by atoms with van der Waals surface area (Å²) in [6.07, 6.45) is 3.74. The highest BCUT2D eigenvalue weighted by atomic mass is 79.9. The van der Waals surface area contributed by atoms with Crippen LogP contribution in [0.1, 0.15) is 38.2 Å². The second-order valence-electron chi connectivity index (χ2n) is 5.66. The SMILES string of the molecule is CC1(c2cc(Br)ccc2F)CC2(CCC2)OC(N)=N1. The lowest BCUT2D eigenvalue weighted by atomic mass is 9.69. The Bertz CT molecular complexity index is 556. The molecule has 1 aromatic rings. The van der Waals surface area contributed by atoms with Gasteiger partial charge in [0.2, 0.25) is 0 Å². The van der Waals surface area contributed by atoms with Gasteiger partial charge in [-0.2, -0.15) is 0 Å². The van der Waals surface area contributed by atoms with Gasteiger partial charge in [-0.05, 0) is 44.4 Å². The molecule has 1 atom stereocenters. The Balaban J connectivity index is 2.06. The first kappa shape index (κ1) is 12.9. The number of hydrogen-bond acceptors (Lipinski definition) is 3. The van der Waals surface area contributed by atoms with Crippen molar-refractivity contribution in [3.63, 3.8) is 0 Å². The zero-order chi connectivity index (χ0) is 13.7. The Kier molecular flexibility index (Phi) is 2.85. The first-order chi connectivity index (χ1) is 8.92. The highest BCUT2D eigenvalue weighted by Gasteiger charge is 2.50. The zero-order valence-corrected chi connectivity index (χ0v) is 12.3. The summed E-state index contributed by atoms with van der Waals surface area (Å²) in [6, 6.07) is 5.10. The van der Waals surface area contributed by atoms with Gasteiger partial charge in [0.05, 0.1) is 5.54 Å². The van der Waals surface area contributed by atoms with E-state index < -0.39 is 5.54 Å². The third-order valence-electron chi connectivity index (χ3n) is 4.12. The molecule has 1 spiro atoms. The van der Waals surface area contributed by atoms with Crippen LogP contribution in [0.4, 0.5) is 4.39 Å². The standard InChI is InChI=1S/C14H16BrFN2O/c1-13(10-7-9(15)3-4-11(10)16)8-14(5-2-6-14)19-12(17)18-13/h3-4,7H,2,5-6,8H2,1H3,(H2,17,18). The van der Waals surface area contributed by atoms with E-state index in [9.17, 15) is 4.39 Å². The van der Waals surface area contributed by atoms with Crippen molar-refractivity contribution in [2.75, 3.05) is 0 Å². The third kappa shape index (κ3) is 2.14. The minimum atomic E-state index is -0.656. The number of ether oxygens (including phenoxy) is 1. The lowest BCUT2D eigenvalue weighted by molar-refractivity contribution is -0.0583. The fourth-order valence-electron chi connectivity index (χ4n) is 3.11. The summed E-state index contributed by atoms with van der Waals surface area (Å²) in [6.45, 7) is 1.92. The Morgan fingerprint density at radius 2 is 2.16 bits per heavy atom. The average molecular weight is 327 g/mol. The molecule has 0 amide bonds. The molecule has 1 heterocycles. The number of benzene rings is 1. The first-order valence-electron chi connectivity index (χ1n) is 6.42. The second-order valence-corrected chi connectivity index (χ2v) is 6.58. The van der Waals surface area contributed by atoms with Gasteiger partial charge in [0, 0.05) is 16.5 Å². The van der Waals surface area contributed by atoms with Crippen LogP contribution >= 0.6 is 15.9 Å². The highest BCUT2D eigenvalue weighted by molar-refractivity contribution is 9.10. The van der Waals surface area contributed by atoms with Gasteiger partial charge in [-0.3, -0.25) is 0 Å². The minimum Gasteiger partial charge on any atom is -0.459 e. The quantitative estimate of drug-likeness (QED) is 0.859. The topological polar surface area (TPSA) is 47.6 Å². The molecule has 3 nitrogen and oxygen atoms in total. The largest absolute Gasteiger partial charge is 0.459 e. The van der Waals surface area contributed by atoms with Crippen LogP contribution in [0.3, 0.4) is 0 Å². The van der Waals surface area contributed by atoms with E-state index in [1.54, 1.807) is 12.1 Å². The molecular formula is C14H16BrFN2O. The van der Waals surface area contributed by atoms with Crippen molar-refractivity contribution in [2.24, 2.45) is 10.7 Å². The van der Waals surface area contributed by atoms with Crippen molar-refractivity contribution in [3.8, 4) is 0 Å². The average Bonchev–Trinajstić information content (AvgIpc) is 2.29. The van der Waals surface area contributed by atoms with E-state index in [0.717, 1.165) is 23.7 Å². The molecule has 0 bridgehead atoms. The van der Waals surface area contributed by atoms with Crippen LogP contribution in [0.25, 0.3) is 0 Å². The van der Waals surface area contributed by atoms with Crippen molar-refractivity contribution in [1.82, 2.24) is 0 Å². The molecule has 5 heteroatoms.